The lowest BCUT2D eigenvalue weighted by Gasteiger charge is -2.20. The second kappa shape index (κ2) is 36.0. The number of phosphoric acid groups is 1. The molecule has 0 saturated heterocycles. The highest BCUT2D eigenvalue weighted by molar-refractivity contribution is 7.47. The predicted octanol–water partition coefficient (Wildman–Crippen LogP) is 9.55. The number of rotatable bonds is 35. The van der Waals surface area contributed by atoms with E-state index in [2.05, 4.69) is 62.5 Å². The van der Waals surface area contributed by atoms with Gasteiger partial charge in [-0.1, -0.05) is 139 Å². The van der Waals surface area contributed by atoms with Crippen molar-refractivity contribution in [1.82, 2.24) is 0 Å². The maximum atomic E-state index is 12.3. The maximum Gasteiger partial charge on any atom is 0.472 e. The van der Waals surface area contributed by atoms with E-state index in [0.717, 1.165) is 51.4 Å². The Hall–Kier alpha value is -2.33. The molecule has 0 spiro atoms. The molecule has 0 aliphatic heterocycles. The number of ether oxygens (including phenoxy) is 2. The highest BCUT2D eigenvalue weighted by atomic mass is 31.2. The minimum atomic E-state index is -4.65. The van der Waals surface area contributed by atoms with Crippen molar-refractivity contribution in [3.63, 3.8) is 0 Å². The van der Waals surface area contributed by atoms with E-state index in [4.69, 9.17) is 18.5 Å². The fraction of sp³-hybridized carbons (Fsp3) is 0.700. The van der Waals surface area contributed by atoms with Gasteiger partial charge in [-0.15, -0.1) is 0 Å². The third-order valence-corrected chi connectivity index (χ3v) is 8.70. The number of hydrogen-bond acceptors (Lipinski definition) is 9. The molecule has 0 aromatic heterocycles. The first-order chi connectivity index (χ1) is 24.8. The number of carbonyl (C=O) groups is 2. The van der Waals surface area contributed by atoms with Gasteiger partial charge in [-0.2, -0.15) is 0 Å². The molecule has 0 radical (unpaired) electrons. The first-order valence-corrected chi connectivity index (χ1v) is 20.7. The van der Waals surface area contributed by atoms with Crippen LogP contribution in [0.3, 0.4) is 0 Å². The van der Waals surface area contributed by atoms with Crippen molar-refractivity contribution in [3.05, 3.63) is 60.8 Å². The van der Waals surface area contributed by atoms with Crippen LogP contribution in [-0.2, 0) is 32.7 Å². The summed E-state index contributed by atoms with van der Waals surface area (Å²) in [7, 11) is -4.65. The molecule has 10 nitrogen and oxygen atoms in total. The standard InChI is InChI=1S/C40H69O10P/c1-3-5-7-9-11-13-15-16-17-18-19-20-22-24-26-28-30-32-40(44)50-38(34-42)36-48-51(45,46)47-35-37(33-41)49-39(43)31-29-27-25-23-21-14-12-10-8-6-4-2/h5,7,11,13,16-17,19-20,24,26,37-38,41-42H,3-4,6,8-10,12,14-15,18,21-23,25,27-36H2,1-2H3,(H,45,46)/b7-5-,13-11-,17-16-,20-19-,26-24-. The number of hydrogen-bond donors (Lipinski definition) is 3. The molecule has 0 bridgehead atoms. The Kier molecular flexibility index (Phi) is 34.4. The molecule has 0 aromatic carbocycles. The Morgan fingerprint density at radius 1 is 0.549 bits per heavy atom. The largest absolute Gasteiger partial charge is 0.472 e. The molecule has 0 heterocycles. The van der Waals surface area contributed by atoms with E-state index in [0.29, 0.717) is 19.3 Å². The molecule has 3 atom stereocenters. The van der Waals surface area contributed by atoms with E-state index < -0.39 is 58.4 Å². The third-order valence-electron chi connectivity index (χ3n) is 7.74. The second-order valence-corrected chi connectivity index (χ2v) is 14.0. The smallest absolute Gasteiger partial charge is 0.457 e. The minimum Gasteiger partial charge on any atom is -0.457 e. The lowest BCUT2D eigenvalue weighted by atomic mass is 10.1. The van der Waals surface area contributed by atoms with Crippen LogP contribution >= 0.6 is 7.82 Å². The minimum absolute atomic E-state index is 0.112. The van der Waals surface area contributed by atoms with E-state index in [1.807, 2.05) is 12.2 Å². The van der Waals surface area contributed by atoms with Crippen molar-refractivity contribution in [1.29, 1.82) is 0 Å². The Morgan fingerprint density at radius 3 is 1.33 bits per heavy atom. The first-order valence-electron chi connectivity index (χ1n) is 19.2. The molecule has 0 saturated carbocycles. The van der Waals surface area contributed by atoms with Crippen LogP contribution < -0.4 is 0 Å². The van der Waals surface area contributed by atoms with Gasteiger partial charge in [-0.05, 0) is 51.4 Å². The number of unbranched alkanes of at least 4 members (excludes halogenated alkanes) is 11. The third kappa shape index (κ3) is 34.5. The number of aliphatic hydroxyl groups excluding tert-OH is 2. The lowest BCUT2D eigenvalue weighted by molar-refractivity contribution is -0.153. The monoisotopic (exact) mass is 740 g/mol. The molecule has 0 rings (SSSR count). The van der Waals surface area contributed by atoms with Crippen LogP contribution in [0, 0.1) is 0 Å². The SMILES string of the molecule is CC/C=C\C/C=C\C/C=C\C/C=C\C/C=C\CCCC(=O)OC(CO)COP(=O)(O)OCC(CO)OC(=O)CCCCCCCCCCCCC. The summed E-state index contributed by atoms with van der Waals surface area (Å²) < 4.78 is 32.4. The topological polar surface area (TPSA) is 149 Å². The lowest BCUT2D eigenvalue weighted by Crippen LogP contribution is -2.28. The van der Waals surface area contributed by atoms with Gasteiger partial charge in [0.1, 0.15) is 12.2 Å². The fourth-order valence-corrected chi connectivity index (χ4v) is 5.58. The molecular formula is C40H69O10P. The zero-order chi connectivity index (χ0) is 37.7. The van der Waals surface area contributed by atoms with Crippen molar-refractivity contribution < 1.29 is 47.8 Å². The van der Waals surface area contributed by atoms with Gasteiger partial charge in [0, 0.05) is 12.8 Å². The average Bonchev–Trinajstić information content (AvgIpc) is 3.12. The van der Waals surface area contributed by atoms with E-state index in [-0.39, 0.29) is 12.8 Å². The van der Waals surface area contributed by atoms with Gasteiger partial charge in [-0.25, -0.2) is 4.57 Å². The van der Waals surface area contributed by atoms with E-state index in [1.165, 1.54) is 44.9 Å². The second-order valence-electron chi connectivity index (χ2n) is 12.5. The number of carbonyl (C=O) groups excluding carboxylic acids is 2. The maximum absolute atomic E-state index is 12.3. The summed E-state index contributed by atoms with van der Waals surface area (Å²) >= 11 is 0. The van der Waals surface area contributed by atoms with Gasteiger partial charge < -0.3 is 24.6 Å². The van der Waals surface area contributed by atoms with Crippen LogP contribution in [0.2, 0.25) is 0 Å². The number of allylic oxidation sites excluding steroid dienone is 10. The van der Waals surface area contributed by atoms with Crippen LogP contribution in [-0.4, -0.2) is 65.7 Å². The van der Waals surface area contributed by atoms with Crippen molar-refractivity contribution in [2.45, 2.75) is 154 Å². The fourth-order valence-electron chi connectivity index (χ4n) is 4.80. The van der Waals surface area contributed by atoms with Crippen LogP contribution in [0.4, 0.5) is 0 Å². The van der Waals surface area contributed by atoms with Crippen molar-refractivity contribution in [3.8, 4) is 0 Å². The number of phosphoric ester groups is 1. The summed E-state index contributed by atoms with van der Waals surface area (Å²) in [5.41, 5.74) is 0. The van der Waals surface area contributed by atoms with Crippen LogP contribution in [0.1, 0.15) is 142 Å². The molecular weight excluding hydrogens is 671 g/mol. The van der Waals surface area contributed by atoms with E-state index in [9.17, 15) is 29.3 Å². The summed E-state index contributed by atoms with van der Waals surface area (Å²) in [4.78, 5) is 34.3. The van der Waals surface area contributed by atoms with Gasteiger partial charge in [0.2, 0.25) is 0 Å². The van der Waals surface area contributed by atoms with Crippen LogP contribution in [0.15, 0.2) is 60.8 Å². The van der Waals surface area contributed by atoms with Gasteiger partial charge in [0.15, 0.2) is 0 Å². The van der Waals surface area contributed by atoms with Gasteiger partial charge in [0.25, 0.3) is 0 Å². The molecule has 0 aliphatic rings. The van der Waals surface area contributed by atoms with E-state index in [1.54, 1.807) is 0 Å². The Bertz CT molecular complexity index is 1040. The van der Waals surface area contributed by atoms with Gasteiger partial charge >= 0.3 is 19.8 Å². The summed E-state index contributed by atoms with van der Waals surface area (Å²) in [5, 5.41) is 19.1. The van der Waals surface area contributed by atoms with Crippen molar-refractivity contribution in [2.75, 3.05) is 26.4 Å². The van der Waals surface area contributed by atoms with Crippen LogP contribution in [0.25, 0.3) is 0 Å². The van der Waals surface area contributed by atoms with Gasteiger partial charge in [-0.3, -0.25) is 18.6 Å². The molecule has 51 heavy (non-hydrogen) atoms. The average molecular weight is 741 g/mol. The zero-order valence-corrected chi connectivity index (χ0v) is 32.4. The Morgan fingerprint density at radius 2 is 0.922 bits per heavy atom. The highest BCUT2D eigenvalue weighted by Gasteiger charge is 2.27. The summed E-state index contributed by atoms with van der Waals surface area (Å²) in [5.74, 6) is -1.08. The van der Waals surface area contributed by atoms with Crippen molar-refractivity contribution in [2.24, 2.45) is 0 Å². The highest BCUT2D eigenvalue weighted by Crippen LogP contribution is 2.43. The molecule has 0 aliphatic carbocycles. The number of esters is 2. The normalized spacial score (nSPS) is 14.7. The van der Waals surface area contributed by atoms with E-state index >= 15 is 0 Å². The zero-order valence-electron chi connectivity index (χ0n) is 31.5. The Balaban J connectivity index is 4.08. The van der Waals surface area contributed by atoms with Gasteiger partial charge in [0.05, 0.1) is 26.4 Å². The van der Waals surface area contributed by atoms with Crippen LogP contribution in [0.5, 0.6) is 0 Å². The summed E-state index contributed by atoms with van der Waals surface area (Å²) in [6.45, 7) is 1.99. The summed E-state index contributed by atoms with van der Waals surface area (Å²) in [6, 6.07) is 0. The molecule has 3 N–H and O–H groups in total. The number of aliphatic hydroxyl groups is 2. The molecule has 11 heteroatoms. The molecule has 3 unspecified atom stereocenters. The van der Waals surface area contributed by atoms with Crippen molar-refractivity contribution >= 4 is 19.8 Å². The predicted molar refractivity (Wildman–Crippen MR) is 205 cm³/mol. The first kappa shape index (κ1) is 48.7. The summed E-state index contributed by atoms with van der Waals surface area (Å²) in [6.07, 6.45) is 37.8. The molecule has 0 amide bonds. The quantitative estimate of drug-likeness (QED) is 0.0248. The molecule has 0 fully saturated rings. The Labute approximate surface area is 308 Å². The molecule has 0 aromatic rings. The molecule has 294 valence electrons.